The second-order valence-electron chi connectivity index (χ2n) is 4.86. The SMILES string of the molecule is COc1c(F)c(CCN2CCNCC2)cc(C)c1Br. The van der Waals surface area contributed by atoms with Crippen LogP contribution < -0.4 is 10.1 Å². The van der Waals surface area contributed by atoms with Gasteiger partial charge in [-0.1, -0.05) is 6.07 Å². The number of halogens is 2. The molecule has 106 valence electrons. The van der Waals surface area contributed by atoms with Crippen molar-refractivity contribution in [2.75, 3.05) is 39.8 Å². The summed E-state index contributed by atoms with van der Waals surface area (Å²) in [5, 5.41) is 3.32. The molecule has 0 spiro atoms. The van der Waals surface area contributed by atoms with Crippen LogP contribution in [0.3, 0.4) is 0 Å². The van der Waals surface area contributed by atoms with Gasteiger partial charge >= 0.3 is 0 Å². The average molecular weight is 331 g/mol. The first-order valence-electron chi connectivity index (χ1n) is 6.58. The lowest BCUT2D eigenvalue weighted by Crippen LogP contribution is -2.44. The zero-order valence-electron chi connectivity index (χ0n) is 11.4. The molecule has 1 saturated heterocycles. The number of nitrogens with zero attached hydrogens (tertiary/aromatic N) is 1. The summed E-state index contributed by atoms with van der Waals surface area (Å²) >= 11 is 3.37. The van der Waals surface area contributed by atoms with Crippen LogP contribution in [-0.4, -0.2) is 44.7 Å². The van der Waals surface area contributed by atoms with E-state index >= 15 is 0 Å². The van der Waals surface area contributed by atoms with E-state index < -0.39 is 0 Å². The fourth-order valence-electron chi connectivity index (χ4n) is 2.38. The van der Waals surface area contributed by atoms with Gasteiger partial charge in [0, 0.05) is 32.7 Å². The summed E-state index contributed by atoms with van der Waals surface area (Å²) in [4.78, 5) is 2.36. The molecule has 0 atom stereocenters. The normalized spacial score (nSPS) is 16.6. The highest BCUT2D eigenvalue weighted by Crippen LogP contribution is 2.33. The van der Waals surface area contributed by atoms with E-state index in [0.29, 0.717) is 10.2 Å². The summed E-state index contributed by atoms with van der Waals surface area (Å²) in [5.74, 6) is 0.0745. The molecule has 0 amide bonds. The fraction of sp³-hybridized carbons (Fsp3) is 0.571. The number of benzene rings is 1. The molecule has 1 aromatic carbocycles. The Bertz CT molecular complexity index is 448. The van der Waals surface area contributed by atoms with Crippen molar-refractivity contribution >= 4 is 15.9 Å². The molecule has 1 fully saturated rings. The molecule has 5 heteroatoms. The lowest BCUT2D eigenvalue weighted by Gasteiger charge is -2.27. The van der Waals surface area contributed by atoms with Crippen molar-refractivity contribution in [3.05, 3.63) is 27.5 Å². The van der Waals surface area contributed by atoms with Crippen LogP contribution in [0.25, 0.3) is 0 Å². The van der Waals surface area contributed by atoms with Crippen LogP contribution in [0.4, 0.5) is 4.39 Å². The van der Waals surface area contributed by atoms with Crippen molar-refractivity contribution < 1.29 is 9.13 Å². The minimum atomic E-state index is -0.241. The molecule has 0 aromatic heterocycles. The van der Waals surface area contributed by atoms with E-state index in [-0.39, 0.29) is 5.82 Å². The maximum absolute atomic E-state index is 14.3. The number of aryl methyl sites for hydroxylation is 1. The molecule has 19 heavy (non-hydrogen) atoms. The lowest BCUT2D eigenvalue weighted by atomic mass is 10.1. The summed E-state index contributed by atoms with van der Waals surface area (Å²) < 4.78 is 20.1. The highest BCUT2D eigenvalue weighted by Gasteiger charge is 2.17. The molecule has 1 N–H and O–H groups in total. The van der Waals surface area contributed by atoms with E-state index in [4.69, 9.17) is 4.74 Å². The maximum Gasteiger partial charge on any atom is 0.169 e. The zero-order chi connectivity index (χ0) is 13.8. The van der Waals surface area contributed by atoms with Crippen LogP contribution in [0.2, 0.25) is 0 Å². The van der Waals surface area contributed by atoms with Crippen molar-refractivity contribution in [1.29, 1.82) is 0 Å². The van der Waals surface area contributed by atoms with Crippen LogP contribution in [0.1, 0.15) is 11.1 Å². The number of hydrogen-bond acceptors (Lipinski definition) is 3. The first-order chi connectivity index (χ1) is 9.13. The summed E-state index contributed by atoms with van der Waals surface area (Å²) in [7, 11) is 1.50. The highest BCUT2D eigenvalue weighted by molar-refractivity contribution is 9.10. The van der Waals surface area contributed by atoms with Crippen LogP contribution in [0.15, 0.2) is 10.5 Å². The van der Waals surface area contributed by atoms with E-state index in [1.807, 2.05) is 13.0 Å². The van der Waals surface area contributed by atoms with E-state index in [1.54, 1.807) is 0 Å². The second kappa shape index (κ2) is 6.68. The summed E-state index contributed by atoms with van der Waals surface area (Å²) in [6.07, 6.45) is 0.719. The van der Waals surface area contributed by atoms with Crippen molar-refractivity contribution in [3.8, 4) is 5.75 Å². The van der Waals surface area contributed by atoms with Crippen molar-refractivity contribution in [2.24, 2.45) is 0 Å². The maximum atomic E-state index is 14.3. The Morgan fingerprint density at radius 1 is 1.42 bits per heavy atom. The van der Waals surface area contributed by atoms with Crippen LogP contribution in [-0.2, 0) is 6.42 Å². The molecule has 0 bridgehead atoms. The number of methoxy groups -OCH3 is 1. The predicted octanol–water partition coefficient (Wildman–Crippen LogP) is 2.35. The molecule has 3 nitrogen and oxygen atoms in total. The Labute approximate surface area is 122 Å². The minimum Gasteiger partial charge on any atom is -0.492 e. The Morgan fingerprint density at radius 2 is 2.11 bits per heavy atom. The van der Waals surface area contributed by atoms with Crippen molar-refractivity contribution in [1.82, 2.24) is 10.2 Å². The third-order valence-electron chi connectivity index (χ3n) is 3.53. The quantitative estimate of drug-likeness (QED) is 0.917. The Hall–Kier alpha value is -0.650. The van der Waals surface area contributed by atoms with Crippen LogP contribution >= 0.6 is 15.9 Å². The van der Waals surface area contributed by atoms with E-state index in [0.717, 1.165) is 50.3 Å². The number of rotatable bonds is 4. The monoisotopic (exact) mass is 330 g/mol. The van der Waals surface area contributed by atoms with Gasteiger partial charge in [0.2, 0.25) is 0 Å². The summed E-state index contributed by atoms with van der Waals surface area (Å²) in [6.45, 7) is 6.96. The van der Waals surface area contributed by atoms with Crippen molar-refractivity contribution in [3.63, 3.8) is 0 Å². The lowest BCUT2D eigenvalue weighted by molar-refractivity contribution is 0.243. The molecule has 1 aromatic rings. The molecule has 0 aliphatic carbocycles. The number of nitrogens with one attached hydrogen (secondary N) is 1. The number of ether oxygens (including phenoxy) is 1. The minimum absolute atomic E-state index is 0.241. The van der Waals surface area contributed by atoms with Gasteiger partial charge in [0.05, 0.1) is 11.6 Å². The second-order valence-corrected chi connectivity index (χ2v) is 5.65. The first kappa shape index (κ1) is 14.8. The van der Waals surface area contributed by atoms with Gasteiger partial charge in [-0.05, 0) is 40.4 Å². The number of hydrogen-bond donors (Lipinski definition) is 1. The predicted molar refractivity (Wildman–Crippen MR) is 78.4 cm³/mol. The Kier molecular flexibility index (Phi) is 5.19. The van der Waals surface area contributed by atoms with Gasteiger partial charge in [-0.15, -0.1) is 0 Å². The molecule has 1 aliphatic heterocycles. The molecule has 1 aliphatic rings. The van der Waals surface area contributed by atoms with Gasteiger partial charge in [0.1, 0.15) is 0 Å². The molecule has 0 unspecified atom stereocenters. The van der Waals surface area contributed by atoms with Crippen LogP contribution in [0, 0.1) is 12.7 Å². The van der Waals surface area contributed by atoms with Gasteiger partial charge in [-0.25, -0.2) is 4.39 Å². The molecule has 0 radical (unpaired) electrons. The Balaban J connectivity index is 2.09. The first-order valence-corrected chi connectivity index (χ1v) is 7.37. The average Bonchev–Trinajstić information content (AvgIpc) is 2.43. The fourth-order valence-corrected chi connectivity index (χ4v) is 2.83. The molecule has 0 saturated carbocycles. The van der Waals surface area contributed by atoms with Gasteiger partial charge < -0.3 is 15.0 Å². The number of piperazine rings is 1. The van der Waals surface area contributed by atoms with Gasteiger partial charge in [0.25, 0.3) is 0 Å². The third-order valence-corrected chi connectivity index (χ3v) is 4.51. The highest BCUT2D eigenvalue weighted by atomic mass is 79.9. The standard InChI is InChI=1S/C14H20BrFN2O/c1-10-9-11(13(16)14(19-2)12(10)15)3-6-18-7-4-17-5-8-18/h9,17H,3-8H2,1-2H3. The van der Waals surface area contributed by atoms with Crippen molar-refractivity contribution in [2.45, 2.75) is 13.3 Å². The molecular formula is C14H20BrFN2O. The van der Waals surface area contributed by atoms with E-state index in [9.17, 15) is 4.39 Å². The van der Waals surface area contributed by atoms with Crippen LogP contribution in [0.5, 0.6) is 5.75 Å². The van der Waals surface area contributed by atoms with E-state index in [1.165, 1.54) is 7.11 Å². The van der Waals surface area contributed by atoms with Gasteiger partial charge in [-0.3, -0.25) is 0 Å². The topological polar surface area (TPSA) is 24.5 Å². The summed E-state index contributed by atoms with van der Waals surface area (Å²) in [6, 6.07) is 1.91. The Morgan fingerprint density at radius 3 is 2.74 bits per heavy atom. The largest absolute Gasteiger partial charge is 0.492 e. The zero-order valence-corrected chi connectivity index (χ0v) is 13.0. The smallest absolute Gasteiger partial charge is 0.169 e. The molecular weight excluding hydrogens is 311 g/mol. The van der Waals surface area contributed by atoms with Gasteiger partial charge in [0.15, 0.2) is 11.6 Å². The molecule has 2 rings (SSSR count). The molecule has 1 heterocycles. The van der Waals surface area contributed by atoms with E-state index in [2.05, 4.69) is 26.1 Å². The third kappa shape index (κ3) is 3.46. The summed E-state index contributed by atoms with van der Waals surface area (Å²) in [5.41, 5.74) is 1.74. The van der Waals surface area contributed by atoms with Gasteiger partial charge in [-0.2, -0.15) is 0 Å².